The summed E-state index contributed by atoms with van der Waals surface area (Å²) in [6.07, 6.45) is 0. The van der Waals surface area contributed by atoms with Crippen LogP contribution in [0.5, 0.6) is 5.75 Å². The van der Waals surface area contributed by atoms with Crippen LogP contribution in [-0.4, -0.2) is 12.5 Å². The summed E-state index contributed by atoms with van der Waals surface area (Å²) in [6, 6.07) is 12.0. The standard InChI is InChI=1S/C16H15F2NO2/c1-11(12-7-8-14(17)15(18)9-12)19-16(20)10-21-13-5-3-2-4-6-13/h2-9,11H,10H2,1H3,(H,19,20)/t11-/m1/s1. The maximum atomic E-state index is 13.1. The summed E-state index contributed by atoms with van der Waals surface area (Å²) in [5.41, 5.74) is 0.488. The van der Waals surface area contributed by atoms with E-state index in [1.807, 2.05) is 6.07 Å². The molecule has 110 valence electrons. The Kier molecular flexibility index (Phi) is 4.87. The van der Waals surface area contributed by atoms with Gasteiger partial charge in [0.1, 0.15) is 5.75 Å². The monoisotopic (exact) mass is 291 g/mol. The molecule has 0 aliphatic carbocycles. The molecular weight excluding hydrogens is 276 g/mol. The molecule has 21 heavy (non-hydrogen) atoms. The third kappa shape index (κ3) is 4.27. The Labute approximate surface area is 121 Å². The predicted molar refractivity (Wildman–Crippen MR) is 74.9 cm³/mol. The van der Waals surface area contributed by atoms with Crippen LogP contribution >= 0.6 is 0 Å². The molecule has 0 aliphatic heterocycles. The van der Waals surface area contributed by atoms with E-state index in [0.29, 0.717) is 11.3 Å². The van der Waals surface area contributed by atoms with Crippen LogP contribution in [0.4, 0.5) is 8.78 Å². The third-order valence-corrected chi connectivity index (χ3v) is 2.93. The van der Waals surface area contributed by atoms with Gasteiger partial charge in [-0.15, -0.1) is 0 Å². The van der Waals surface area contributed by atoms with Gasteiger partial charge in [0.2, 0.25) is 0 Å². The molecule has 5 heteroatoms. The Morgan fingerprint density at radius 1 is 1.14 bits per heavy atom. The lowest BCUT2D eigenvalue weighted by Crippen LogP contribution is -2.31. The first-order valence-electron chi connectivity index (χ1n) is 6.48. The number of nitrogens with one attached hydrogen (secondary N) is 1. The quantitative estimate of drug-likeness (QED) is 0.918. The fourth-order valence-corrected chi connectivity index (χ4v) is 1.81. The largest absolute Gasteiger partial charge is 0.484 e. The summed E-state index contributed by atoms with van der Waals surface area (Å²) in [5.74, 6) is -1.59. The molecule has 0 heterocycles. The van der Waals surface area contributed by atoms with Crippen molar-refractivity contribution in [1.82, 2.24) is 5.32 Å². The van der Waals surface area contributed by atoms with Crippen molar-refractivity contribution in [3.63, 3.8) is 0 Å². The van der Waals surface area contributed by atoms with Crippen molar-refractivity contribution in [3.8, 4) is 5.75 Å². The Balaban J connectivity index is 1.88. The molecule has 0 unspecified atom stereocenters. The molecule has 1 atom stereocenters. The van der Waals surface area contributed by atoms with Crippen molar-refractivity contribution in [1.29, 1.82) is 0 Å². The van der Waals surface area contributed by atoms with Crippen molar-refractivity contribution in [3.05, 3.63) is 65.7 Å². The van der Waals surface area contributed by atoms with Crippen LogP contribution in [0.1, 0.15) is 18.5 Å². The maximum absolute atomic E-state index is 13.1. The fraction of sp³-hybridized carbons (Fsp3) is 0.188. The van der Waals surface area contributed by atoms with Gasteiger partial charge in [-0.05, 0) is 36.8 Å². The third-order valence-electron chi connectivity index (χ3n) is 2.93. The van der Waals surface area contributed by atoms with Gasteiger partial charge in [0.05, 0.1) is 6.04 Å². The molecule has 0 radical (unpaired) electrons. The summed E-state index contributed by atoms with van der Waals surface area (Å²) in [4.78, 5) is 11.7. The number of carbonyl (C=O) groups is 1. The Bertz CT molecular complexity index is 617. The van der Waals surface area contributed by atoms with Gasteiger partial charge in [0.15, 0.2) is 18.2 Å². The molecule has 3 nitrogen and oxygen atoms in total. The number of rotatable bonds is 5. The molecule has 2 rings (SSSR count). The van der Waals surface area contributed by atoms with Crippen LogP contribution < -0.4 is 10.1 Å². The van der Waals surface area contributed by atoms with Gasteiger partial charge in [-0.25, -0.2) is 8.78 Å². The van der Waals surface area contributed by atoms with E-state index in [9.17, 15) is 13.6 Å². The zero-order valence-corrected chi connectivity index (χ0v) is 11.5. The van der Waals surface area contributed by atoms with Crippen LogP contribution in [0.2, 0.25) is 0 Å². The molecule has 0 saturated carbocycles. The normalized spacial score (nSPS) is 11.8. The van der Waals surface area contributed by atoms with Crippen LogP contribution in [0.3, 0.4) is 0 Å². The Hall–Kier alpha value is -2.43. The van der Waals surface area contributed by atoms with Crippen LogP contribution in [-0.2, 0) is 4.79 Å². The predicted octanol–water partition coefficient (Wildman–Crippen LogP) is 3.22. The van der Waals surface area contributed by atoms with Crippen molar-refractivity contribution in [2.45, 2.75) is 13.0 Å². The number of halogens is 2. The van der Waals surface area contributed by atoms with Gasteiger partial charge in [0, 0.05) is 0 Å². The van der Waals surface area contributed by atoms with Crippen LogP contribution in [0, 0.1) is 11.6 Å². The molecule has 0 aliphatic rings. The average molecular weight is 291 g/mol. The highest BCUT2D eigenvalue weighted by Gasteiger charge is 2.12. The number of amides is 1. The molecule has 2 aromatic rings. The van der Waals surface area contributed by atoms with E-state index in [2.05, 4.69) is 5.32 Å². The lowest BCUT2D eigenvalue weighted by atomic mass is 10.1. The van der Waals surface area contributed by atoms with Crippen LogP contribution in [0.25, 0.3) is 0 Å². The summed E-state index contributed by atoms with van der Waals surface area (Å²) in [7, 11) is 0. The molecule has 0 spiro atoms. The van der Waals surface area contributed by atoms with E-state index in [0.717, 1.165) is 12.1 Å². The van der Waals surface area contributed by atoms with Crippen molar-refractivity contribution in [2.75, 3.05) is 6.61 Å². The number of para-hydroxylation sites is 1. The highest BCUT2D eigenvalue weighted by atomic mass is 19.2. The number of hydrogen-bond acceptors (Lipinski definition) is 2. The lowest BCUT2D eigenvalue weighted by molar-refractivity contribution is -0.123. The minimum absolute atomic E-state index is 0.141. The zero-order chi connectivity index (χ0) is 15.2. The van der Waals surface area contributed by atoms with Crippen molar-refractivity contribution >= 4 is 5.91 Å². The lowest BCUT2D eigenvalue weighted by Gasteiger charge is -2.15. The number of carbonyl (C=O) groups excluding carboxylic acids is 1. The summed E-state index contributed by atoms with van der Waals surface area (Å²) >= 11 is 0. The SMILES string of the molecule is C[C@@H](NC(=O)COc1ccccc1)c1ccc(F)c(F)c1. The zero-order valence-electron chi connectivity index (χ0n) is 11.5. The minimum Gasteiger partial charge on any atom is -0.484 e. The summed E-state index contributed by atoms with van der Waals surface area (Å²) in [5, 5.41) is 2.66. The second kappa shape index (κ2) is 6.83. The van der Waals surface area contributed by atoms with Crippen LogP contribution in [0.15, 0.2) is 48.5 Å². The summed E-state index contributed by atoms with van der Waals surface area (Å²) in [6.45, 7) is 1.55. The topological polar surface area (TPSA) is 38.3 Å². The molecule has 0 aromatic heterocycles. The highest BCUT2D eigenvalue weighted by molar-refractivity contribution is 5.78. The van der Waals surface area contributed by atoms with E-state index in [-0.39, 0.29) is 12.5 Å². The van der Waals surface area contributed by atoms with E-state index in [1.165, 1.54) is 6.07 Å². The van der Waals surface area contributed by atoms with Gasteiger partial charge in [-0.1, -0.05) is 24.3 Å². The van der Waals surface area contributed by atoms with E-state index >= 15 is 0 Å². The highest BCUT2D eigenvalue weighted by Crippen LogP contribution is 2.16. The van der Waals surface area contributed by atoms with E-state index in [1.54, 1.807) is 31.2 Å². The molecule has 1 N–H and O–H groups in total. The van der Waals surface area contributed by atoms with Crippen molar-refractivity contribution < 1.29 is 18.3 Å². The van der Waals surface area contributed by atoms with Gasteiger partial charge in [-0.3, -0.25) is 4.79 Å². The maximum Gasteiger partial charge on any atom is 0.258 e. The number of benzene rings is 2. The van der Waals surface area contributed by atoms with Crippen molar-refractivity contribution in [2.24, 2.45) is 0 Å². The average Bonchev–Trinajstić information content (AvgIpc) is 2.49. The van der Waals surface area contributed by atoms with E-state index < -0.39 is 17.7 Å². The molecule has 0 fully saturated rings. The number of hydrogen-bond donors (Lipinski definition) is 1. The molecule has 0 saturated heterocycles. The second-order valence-electron chi connectivity index (χ2n) is 4.56. The fourth-order valence-electron chi connectivity index (χ4n) is 1.81. The molecule has 2 aromatic carbocycles. The first-order chi connectivity index (χ1) is 10.1. The first kappa shape index (κ1) is 15.0. The molecular formula is C16H15F2NO2. The van der Waals surface area contributed by atoms with Gasteiger partial charge < -0.3 is 10.1 Å². The number of ether oxygens (including phenoxy) is 1. The Morgan fingerprint density at radius 2 is 1.86 bits per heavy atom. The van der Waals surface area contributed by atoms with Gasteiger partial charge >= 0.3 is 0 Å². The van der Waals surface area contributed by atoms with Gasteiger partial charge in [-0.2, -0.15) is 0 Å². The molecule has 0 bridgehead atoms. The molecule has 1 amide bonds. The first-order valence-corrected chi connectivity index (χ1v) is 6.48. The minimum atomic E-state index is -0.936. The van der Waals surface area contributed by atoms with Gasteiger partial charge in [0.25, 0.3) is 5.91 Å². The summed E-state index contributed by atoms with van der Waals surface area (Å²) < 4.78 is 31.3. The second-order valence-corrected chi connectivity index (χ2v) is 4.56. The Morgan fingerprint density at radius 3 is 2.52 bits per heavy atom. The smallest absolute Gasteiger partial charge is 0.258 e. The van der Waals surface area contributed by atoms with E-state index in [4.69, 9.17) is 4.74 Å².